The Morgan fingerprint density at radius 2 is 1.65 bits per heavy atom. The molecule has 0 saturated carbocycles. The number of hydrogen-bond donors (Lipinski definition) is 1. The maximum absolute atomic E-state index is 12.7. The standard InChI is InChI=1S/C19H13ClN2O2S2/c20-17-8-4-3-7-16(17)18-12-25-19(21-18)22-26(23,24)15-10-9-13-5-1-2-6-14(13)11-15/h1-12H,(H,21,22). The molecule has 0 radical (unpaired) electrons. The Kier molecular flexibility index (Phi) is 4.40. The summed E-state index contributed by atoms with van der Waals surface area (Å²) < 4.78 is 27.9. The van der Waals surface area contributed by atoms with Gasteiger partial charge in [-0.1, -0.05) is 60.1 Å². The van der Waals surface area contributed by atoms with Crippen LogP contribution in [0.15, 0.2) is 77.0 Å². The maximum atomic E-state index is 12.7. The van der Waals surface area contributed by atoms with Crippen LogP contribution in [0.1, 0.15) is 0 Å². The lowest BCUT2D eigenvalue weighted by atomic mass is 10.1. The molecule has 0 unspecified atom stereocenters. The third kappa shape index (κ3) is 3.31. The van der Waals surface area contributed by atoms with Gasteiger partial charge in [0.15, 0.2) is 5.13 Å². The number of rotatable bonds is 4. The van der Waals surface area contributed by atoms with Gasteiger partial charge in [0, 0.05) is 16.0 Å². The minimum atomic E-state index is -3.72. The van der Waals surface area contributed by atoms with E-state index in [1.54, 1.807) is 29.6 Å². The largest absolute Gasteiger partial charge is 0.263 e. The molecule has 0 aliphatic heterocycles. The number of thiazole rings is 1. The molecule has 26 heavy (non-hydrogen) atoms. The Morgan fingerprint density at radius 3 is 2.46 bits per heavy atom. The summed E-state index contributed by atoms with van der Waals surface area (Å²) in [6.07, 6.45) is 0. The lowest BCUT2D eigenvalue weighted by molar-refractivity contribution is 0.601. The van der Waals surface area contributed by atoms with Gasteiger partial charge in [-0.05, 0) is 29.0 Å². The van der Waals surface area contributed by atoms with Gasteiger partial charge in [0.1, 0.15) is 0 Å². The van der Waals surface area contributed by atoms with Crippen molar-refractivity contribution < 1.29 is 8.42 Å². The number of anilines is 1. The number of halogens is 1. The molecule has 4 rings (SSSR count). The molecule has 130 valence electrons. The van der Waals surface area contributed by atoms with Crippen molar-refractivity contribution in [2.75, 3.05) is 4.72 Å². The van der Waals surface area contributed by atoms with Crippen LogP contribution in [0.3, 0.4) is 0 Å². The molecule has 3 aromatic carbocycles. The van der Waals surface area contributed by atoms with Gasteiger partial charge in [0.25, 0.3) is 10.0 Å². The highest BCUT2D eigenvalue weighted by molar-refractivity contribution is 7.93. The van der Waals surface area contributed by atoms with Crippen LogP contribution in [0.5, 0.6) is 0 Å². The van der Waals surface area contributed by atoms with E-state index in [1.165, 1.54) is 11.3 Å². The zero-order valence-electron chi connectivity index (χ0n) is 13.4. The first-order valence-corrected chi connectivity index (χ1v) is 10.5. The van der Waals surface area contributed by atoms with Crippen molar-refractivity contribution in [1.82, 2.24) is 4.98 Å². The Bertz CT molecular complexity index is 1200. The third-order valence-electron chi connectivity index (χ3n) is 3.91. The van der Waals surface area contributed by atoms with Crippen molar-refractivity contribution in [2.45, 2.75) is 4.90 Å². The first kappa shape index (κ1) is 17.0. The zero-order chi connectivity index (χ0) is 18.1. The Balaban J connectivity index is 1.64. The van der Waals surface area contributed by atoms with E-state index in [0.29, 0.717) is 15.8 Å². The summed E-state index contributed by atoms with van der Waals surface area (Å²) in [6.45, 7) is 0. The summed E-state index contributed by atoms with van der Waals surface area (Å²) in [4.78, 5) is 4.56. The molecule has 7 heteroatoms. The van der Waals surface area contributed by atoms with Gasteiger partial charge in [-0.25, -0.2) is 13.4 Å². The van der Waals surface area contributed by atoms with Gasteiger partial charge in [-0.3, -0.25) is 4.72 Å². The van der Waals surface area contributed by atoms with Gasteiger partial charge in [0.05, 0.1) is 10.6 Å². The first-order chi connectivity index (χ1) is 12.5. The molecule has 1 aromatic heterocycles. The van der Waals surface area contributed by atoms with Crippen molar-refractivity contribution in [3.63, 3.8) is 0 Å². The van der Waals surface area contributed by atoms with Crippen LogP contribution in [0.25, 0.3) is 22.0 Å². The van der Waals surface area contributed by atoms with Crippen LogP contribution in [0.4, 0.5) is 5.13 Å². The first-order valence-electron chi connectivity index (χ1n) is 7.75. The summed E-state index contributed by atoms with van der Waals surface area (Å²) >= 11 is 7.40. The fourth-order valence-corrected chi connectivity index (χ4v) is 4.85. The average molecular weight is 401 g/mol. The summed E-state index contributed by atoms with van der Waals surface area (Å²) in [7, 11) is -3.72. The predicted molar refractivity (Wildman–Crippen MR) is 107 cm³/mol. The normalized spacial score (nSPS) is 11.6. The minimum absolute atomic E-state index is 0.200. The number of sulfonamides is 1. The molecule has 0 bridgehead atoms. The molecule has 1 heterocycles. The van der Waals surface area contributed by atoms with Crippen LogP contribution >= 0.6 is 22.9 Å². The lowest BCUT2D eigenvalue weighted by Gasteiger charge is -2.06. The molecule has 0 atom stereocenters. The summed E-state index contributed by atoms with van der Waals surface area (Å²) in [5, 5.41) is 4.50. The zero-order valence-corrected chi connectivity index (χ0v) is 15.8. The van der Waals surface area contributed by atoms with Crippen molar-refractivity contribution in [3.8, 4) is 11.3 Å². The molecule has 0 saturated heterocycles. The van der Waals surface area contributed by atoms with Crippen LogP contribution < -0.4 is 4.72 Å². The number of fused-ring (bicyclic) bond motifs is 1. The van der Waals surface area contributed by atoms with Crippen LogP contribution in [0, 0.1) is 0 Å². The third-order valence-corrected chi connectivity index (χ3v) is 6.46. The summed E-state index contributed by atoms with van der Waals surface area (Å²) in [5.41, 5.74) is 1.40. The predicted octanol–water partition coefficient (Wildman–Crippen LogP) is 5.42. The number of aromatic nitrogens is 1. The van der Waals surface area contributed by atoms with Gasteiger partial charge in [-0.15, -0.1) is 11.3 Å². The molecule has 4 nitrogen and oxygen atoms in total. The molecule has 0 aliphatic rings. The second-order valence-electron chi connectivity index (χ2n) is 5.63. The van der Waals surface area contributed by atoms with E-state index in [4.69, 9.17) is 11.6 Å². The van der Waals surface area contributed by atoms with E-state index in [1.807, 2.05) is 42.5 Å². The fourth-order valence-electron chi connectivity index (χ4n) is 2.62. The average Bonchev–Trinajstić information content (AvgIpc) is 3.09. The number of benzene rings is 3. The van der Waals surface area contributed by atoms with Crippen LogP contribution in [0.2, 0.25) is 5.02 Å². The Labute approximate surface area is 160 Å². The SMILES string of the molecule is O=S(=O)(Nc1nc(-c2ccccc2Cl)cs1)c1ccc2ccccc2c1. The highest BCUT2D eigenvalue weighted by Gasteiger charge is 2.17. The van der Waals surface area contributed by atoms with E-state index < -0.39 is 10.0 Å². The van der Waals surface area contributed by atoms with Crippen LogP contribution in [-0.2, 0) is 10.0 Å². The monoisotopic (exact) mass is 400 g/mol. The van der Waals surface area contributed by atoms with E-state index >= 15 is 0 Å². The molecule has 0 spiro atoms. The molecule has 1 N–H and O–H groups in total. The molecule has 0 aliphatic carbocycles. The Morgan fingerprint density at radius 1 is 0.923 bits per heavy atom. The minimum Gasteiger partial charge on any atom is -0.255 e. The molecular formula is C19H13ClN2O2S2. The number of nitrogens with zero attached hydrogens (tertiary/aromatic N) is 1. The second kappa shape index (κ2) is 6.72. The van der Waals surface area contributed by atoms with E-state index in [2.05, 4.69) is 9.71 Å². The second-order valence-corrected chi connectivity index (χ2v) is 8.58. The quantitative estimate of drug-likeness (QED) is 0.497. The van der Waals surface area contributed by atoms with Crippen molar-refractivity contribution in [2.24, 2.45) is 0 Å². The smallest absolute Gasteiger partial charge is 0.255 e. The van der Waals surface area contributed by atoms with Gasteiger partial charge < -0.3 is 0 Å². The topological polar surface area (TPSA) is 59.1 Å². The van der Waals surface area contributed by atoms with Crippen molar-refractivity contribution >= 4 is 48.9 Å². The number of nitrogens with one attached hydrogen (secondary N) is 1. The molecule has 0 amide bonds. The van der Waals surface area contributed by atoms with Gasteiger partial charge in [-0.2, -0.15) is 0 Å². The molecule has 4 aromatic rings. The molecule has 0 fully saturated rings. The van der Waals surface area contributed by atoms with E-state index in [9.17, 15) is 8.42 Å². The summed E-state index contributed by atoms with van der Waals surface area (Å²) in [6, 6.07) is 20.0. The maximum Gasteiger partial charge on any atom is 0.263 e. The Hall–Kier alpha value is -2.41. The lowest BCUT2D eigenvalue weighted by Crippen LogP contribution is -2.12. The fraction of sp³-hybridized carbons (Fsp3) is 0. The van der Waals surface area contributed by atoms with Crippen LogP contribution in [-0.4, -0.2) is 13.4 Å². The molecular weight excluding hydrogens is 388 g/mol. The van der Waals surface area contributed by atoms with Gasteiger partial charge >= 0.3 is 0 Å². The van der Waals surface area contributed by atoms with Crippen molar-refractivity contribution in [3.05, 3.63) is 77.1 Å². The highest BCUT2D eigenvalue weighted by atomic mass is 35.5. The van der Waals surface area contributed by atoms with E-state index in [-0.39, 0.29) is 4.90 Å². The van der Waals surface area contributed by atoms with Gasteiger partial charge in [0.2, 0.25) is 0 Å². The highest BCUT2D eigenvalue weighted by Crippen LogP contribution is 2.31. The van der Waals surface area contributed by atoms with E-state index in [0.717, 1.165) is 16.3 Å². The number of hydrogen-bond acceptors (Lipinski definition) is 4. The summed E-state index contributed by atoms with van der Waals surface area (Å²) in [5.74, 6) is 0. The van der Waals surface area contributed by atoms with Crippen molar-refractivity contribution in [1.29, 1.82) is 0 Å².